The highest BCUT2D eigenvalue weighted by molar-refractivity contribution is 7.91. The van der Waals surface area contributed by atoms with Gasteiger partial charge in [0, 0.05) is 23.8 Å². The second-order valence-electron chi connectivity index (χ2n) is 6.60. The first-order valence-corrected chi connectivity index (χ1v) is 10.9. The number of pyridine rings is 2. The lowest BCUT2D eigenvalue weighted by atomic mass is 10.1. The molecule has 2 aromatic carbocycles. The molecule has 0 spiro atoms. The van der Waals surface area contributed by atoms with E-state index in [0.29, 0.717) is 17.7 Å². The van der Waals surface area contributed by atoms with Crippen LogP contribution in [0.1, 0.15) is 11.1 Å². The summed E-state index contributed by atoms with van der Waals surface area (Å²) in [6.45, 7) is 0. The van der Waals surface area contributed by atoms with Gasteiger partial charge in [-0.05, 0) is 42.3 Å². The molecule has 0 aliphatic carbocycles. The Bertz CT molecular complexity index is 1340. The van der Waals surface area contributed by atoms with Crippen molar-refractivity contribution in [2.75, 3.05) is 5.75 Å². The fourth-order valence-corrected chi connectivity index (χ4v) is 4.32. The number of nitrogens with zero attached hydrogens (tertiary/aromatic N) is 3. The van der Waals surface area contributed by atoms with Gasteiger partial charge in [-0.15, -0.1) is 0 Å². The predicted octanol–water partition coefficient (Wildman–Crippen LogP) is 4.31. The lowest BCUT2D eigenvalue weighted by molar-refractivity contribution is 0.460. The van der Waals surface area contributed by atoms with E-state index in [0.717, 1.165) is 16.5 Å². The standard InChI is InChI=1S/C23H17N3O3S/c24-15-18-5-1-4-8-22(18)29-23-10-9-19(16-26-23)30(27,28)14-12-17-11-13-25-21-7-3-2-6-20(17)21/h1-11,13,16H,12,14H2. The maximum Gasteiger partial charge on any atom is 0.219 e. The molecule has 0 amide bonds. The van der Waals surface area contributed by atoms with Crippen LogP contribution in [0.4, 0.5) is 0 Å². The Balaban J connectivity index is 1.50. The molecule has 0 bridgehead atoms. The van der Waals surface area contributed by atoms with Gasteiger partial charge in [0.05, 0.1) is 21.7 Å². The molecule has 0 aliphatic heterocycles. The highest BCUT2D eigenvalue weighted by atomic mass is 32.2. The SMILES string of the molecule is N#Cc1ccccc1Oc1ccc(S(=O)(=O)CCc2ccnc3ccccc23)cn1. The van der Waals surface area contributed by atoms with E-state index >= 15 is 0 Å². The average Bonchev–Trinajstić information content (AvgIpc) is 2.78. The van der Waals surface area contributed by atoms with Gasteiger partial charge in [0.15, 0.2) is 9.84 Å². The quantitative estimate of drug-likeness (QED) is 0.466. The summed E-state index contributed by atoms with van der Waals surface area (Å²) in [7, 11) is -3.52. The Morgan fingerprint density at radius 2 is 1.73 bits per heavy atom. The molecule has 2 aromatic heterocycles. The molecule has 0 saturated carbocycles. The Kier molecular flexibility index (Phi) is 5.42. The van der Waals surface area contributed by atoms with Crippen LogP contribution < -0.4 is 4.74 Å². The van der Waals surface area contributed by atoms with Crippen LogP contribution in [-0.4, -0.2) is 24.1 Å². The molecule has 0 aliphatic rings. The van der Waals surface area contributed by atoms with Crippen molar-refractivity contribution in [3.05, 3.63) is 90.3 Å². The van der Waals surface area contributed by atoms with E-state index in [1.54, 1.807) is 30.5 Å². The van der Waals surface area contributed by atoms with Gasteiger partial charge in [0.25, 0.3) is 0 Å². The Morgan fingerprint density at radius 1 is 0.933 bits per heavy atom. The molecule has 4 rings (SSSR count). The van der Waals surface area contributed by atoms with Crippen LogP contribution in [0, 0.1) is 11.3 Å². The van der Waals surface area contributed by atoms with E-state index in [4.69, 9.17) is 10.00 Å². The van der Waals surface area contributed by atoms with Crippen LogP contribution in [0.2, 0.25) is 0 Å². The fourth-order valence-electron chi connectivity index (χ4n) is 3.11. The number of sulfone groups is 1. The van der Waals surface area contributed by atoms with Gasteiger partial charge in [-0.2, -0.15) is 5.26 Å². The van der Waals surface area contributed by atoms with Gasteiger partial charge in [0.1, 0.15) is 11.8 Å². The number of aryl methyl sites for hydroxylation is 1. The molecule has 4 aromatic rings. The molecule has 7 heteroatoms. The zero-order valence-electron chi connectivity index (χ0n) is 15.9. The smallest absolute Gasteiger partial charge is 0.219 e. The molecule has 0 fully saturated rings. The number of hydrogen-bond acceptors (Lipinski definition) is 6. The van der Waals surface area contributed by atoms with E-state index < -0.39 is 9.84 Å². The minimum absolute atomic E-state index is 0.0415. The molecule has 0 saturated heterocycles. The van der Waals surface area contributed by atoms with E-state index in [9.17, 15) is 8.42 Å². The van der Waals surface area contributed by atoms with Gasteiger partial charge < -0.3 is 4.74 Å². The molecular weight excluding hydrogens is 398 g/mol. The topological polar surface area (TPSA) is 92.9 Å². The van der Waals surface area contributed by atoms with Crippen molar-refractivity contribution in [3.8, 4) is 17.7 Å². The highest BCUT2D eigenvalue weighted by Gasteiger charge is 2.16. The summed E-state index contributed by atoms with van der Waals surface area (Å²) < 4.78 is 31.2. The van der Waals surface area contributed by atoms with Crippen molar-refractivity contribution in [1.82, 2.24) is 9.97 Å². The van der Waals surface area contributed by atoms with Gasteiger partial charge in [-0.25, -0.2) is 13.4 Å². The van der Waals surface area contributed by atoms with Gasteiger partial charge in [-0.3, -0.25) is 4.98 Å². The summed E-state index contributed by atoms with van der Waals surface area (Å²) in [6, 6.07) is 21.3. The first kappa shape index (κ1) is 19.6. The van der Waals surface area contributed by atoms with E-state index in [-0.39, 0.29) is 16.5 Å². The first-order chi connectivity index (χ1) is 14.6. The number of nitriles is 1. The largest absolute Gasteiger partial charge is 0.438 e. The van der Waals surface area contributed by atoms with Crippen molar-refractivity contribution < 1.29 is 13.2 Å². The second-order valence-corrected chi connectivity index (χ2v) is 8.71. The molecule has 0 radical (unpaired) electrons. The van der Waals surface area contributed by atoms with Crippen molar-refractivity contribution in [1.29, 1.82) is 5.26 Å². The summed E-state index contributed by atoms with van der Waals surface area (Å²) >= 11 is 0. The van der Waals surface area contributed by atoms with Crippen molar-refractivity contribution in [3.63, 3.8) is 0 Å². The lowest BCUT2D eigenvalue weighted by Gasteiger charge is -2.09. The molecule has 0 N–H and O–H groups in total. The Labute approximate surface area is 174 Å². The fraction of sp³-hybridized carbons (Fsp3) is 0.0870. The number of hydrogen-bond donors (Lipinski definition) is 0. The van der Waals surface area contributed by atoms with E-state index in [1.165, 1.54) is 18.3 Å². The van der Waals surface area contributed by atoms with Crippen molar-refractivity contribution in [2.45, 2.75) is 11.3 Å². The lowest BCUT2D eigenvalue weighted by Crippen LogP contribution is -2.10. The minimum atomic E-state index is -3.52. The zero-order chi connectivity index (χ0) is 21.0. The molecular formula is C23H17N3O3S. The maximum atomic E-state index is 12.8. The van der Waals surface area contributed by atoms with Crippen LogP contribution in [0.5, 0.6) is 11.6 Å². The third-order valence-electron chi connectivity index (χ3n) is 4.67. The van der Waals surface area contributed by atoms with Gasteiger partial charge in [0.2, 0.25) is 5.88 Å². The van der Waals surface area contributed by atoms with Crippen LogP contribution in [0.15, 0.2) is 84.0 Å². The number of ether oxygens (including phenoxy) is 1. The normalized spacial score (nSPS) is 11.2. The zero-order valence-corrected chi connectivity index (χ0v) is 16.7. The third-order valence-corrected chi connectivity index (χ3v) is 6.37. The Hall–Kier alpha value is -3.76. The monoisotopic (exact) mass is 415 g/mol. The predicted molar refractivity (Wildman–Crippen MR) is 113 cm³/mol. The summed E-state index contributed by atoms with van der Waals surface area (Å²) in [5, 5.41) is 10.1. The average molecular weight is 415 g/mol. The molecule has 0 atom stereocenters. The van der Waals surface area contributed by atoms with E-state index in [2.05, 4.69) is 9.97 Å². The third kappa shape index (κ3) is 4.14. The highest BCUT2D eigenvalue weighted by Crippen LogP contribution is 2.24. The summed E-state index contributed by atoms with van der Waals surface area (Å²) in [4.78, 5) is 8.53. The van der Waals surface area contributed by atoms with Crippen LogP contribution in [0.25, 0.3) is 10.9 Å². The van der Waals surface area contributed by atoms with Gasteiger partial charge >= 0.3 is 0 Å². The minimum Gasteiger partial charge on any atom is -0.438 e. The van der Waals surface area contributed by atoms with Crippen molar-refractivity contribution >= 4 is 20.7 Å². The second kappa shape index (κ2) is 8.31. The summed E-state index contributed by atoms with van der Waals surface area (Å²) in [6.07, 6.45) is 3.35. The number of fused-ring (bicyclic) bond motifs is 1. The Morgan fingerprint density at radius 3 is 2.53 bits per heavy atom. The van der Waals surface area contributed by atoms with Gasteiger partial charge in [-0.1, -0.05) is 30.3 Å². The van der Waals surface area contributed by atoms with Crippen LogP contribution >= 0.6 is 0 Å². The molecule has 6 nitrogen and oxygen atoms in total. The van der Waals surface area contributed by atoms with E-state index in [1.807, 2.05) is 36.4 Å². The summed E-state index contributed by atoms with van der Waals surface area (Å²) in [5.74, 6) is 0.546. The number of para-hydroxylation sites is 2. The molecule has 2 heterocycles. The van der Waals surface area contributed by atoms with Crippen molar-refractivity contribution in [2.24, 2.45) is 0 Å². The first-order valence-electron chi connectivity index (χ1n) is 9.25. The number of benzene rings is 2. The van der Waals surface area contributed by atoms with Crippen LogP contribution in [-0.2, 0) is 16.3 Å². The molecule has 30 heavy (non-hydrogen) atoms. The molecule has 0 unspecified atom stereocenters. The van der Waals surface area contributed by atoms with Crippen LogP contribution in [0.3, 0.4) is 0 Å². The molecule has 148 valence electrons. The maximum absolute atomic E-state index is 12.8. The number of rotatable bonds is 6. The summed E-state index contributed by atoms with van der Waals surface area (Å²) in [5.41, 5.74) is 2.15. The number of aromatic nitrogens is 2.